The van der Waals surface area contributed by atoms with E-state index in [1.54, 1.807) is 35.3 Å². The maximum absolute atomic E-state index is 15.0. The van der Waals surface area contributed by atoms with Crippen molar-refractivity contribution in [3.63, 3.8) is 0 Å². The number of anilines is 1. The van der Waals surface area contributed by atoms with Gasteiger partial charge in [-0.3, -0.25) is 4.79 Å². The van der Waals surface area contributed by atoms with Gasteiger partial charge in [-0.05, 0) is 68.9 Å². The number of pyridine rings is 2. The van der Waals surface area contributed by atoms with Crippen LogP contribution < -0.4 is 11.1 Å². The second kappa shape index (κ2) is 8.21. The van der Waals surface area contributed by atoms with E-state index >= 15 is 0 Å². The molecule has 0 unspecified atom stereocenters. The monoisotopic (exact) mass is 485 g/mol. The van der Waals surface area contributed by atoms with E-state index < -0.39 is 23.2 Å². The zero-order valence-corrected chi connectivity index (χ0v) is 18.9. The number of aromatic nitrogens is 3. The van der Waals surface area contributed by atoms with Crippen molar-refractivity contribution in [3.05, 3.63) is 71.7 Å². The van der Waals surface area contributed by atoms with Crippen molar-refractivity contribution in [1.82, 2.24) is 19.7 Å². The molecule has 0 saturated heterocycles. The zero-order chi connectivity index (χ0) is 25.0. The van der Waals surface area contributed by atoms with Crippen molar-refractivity contribution in [2.24, 2.45) is 0 Å². The van der Waals surface area contributed by atoms with E-state index in [0.717, 1.165) is 17.6 Å². The van der Waals surface area contributed by atoms with Gasteiger partial charge in [-0.15, -0.1) is 0 Å². The Morgan fingerprint density at radius 3 is 2.66 bits per heavy atom. The molecule has 182 valence electrons. The average Bonchev–Trinajstić information content (AvgIpc) is 3.27. The van der Waals surface area contributed by atoms with Gasteiger partial charge in [0.05, 0.1) is 23.6 Å². The molecular formula is C25H23F4N5O. The van der Waals surface area contributed by atoms with Crippen LogP contribution in [0.25, 0.3) is 16.4 Å². The SMILES string of the molecule is CC1(NC(=O)c2ccn3cncc3c2)CCC(c2c(F)ccc3nc(C(F)(F)F)cc(N)c23)CC1. The number of alkyl halides is 3. The number of amides is 1. The number of rotatable bonds is 3. The normalized spacial score (nSPS) is 20.9. The molecule has 6 nitrogen and oxygen atoms in total. The van der Waals surface area contributed by atoms with Crippen LogP contribution in [0.2, 0.25) is 0 Å². The van der Waals surface area contributed by atoms with Gasteiger partial charge in [0, 0.05) is 33.9 Å². The smallest absolute Gasteiger partial charge is 0.398 e. The molecule has 3 heterocycles. The molecule has 10 heteroatoms. The highest BCUT2D eigenvalue weighted by Crippen LogP contribution is 2.43. The van der Waals surface area contributed by atoms with E-state index in [-0.39, 0.29) is 28.4 Å². The molecule has 3 N–H and O–H groups in total. The summed E-state index contributed by atoms with van der Waals surface area (Å²) < 4.78 is 56.3. The van der Waals surface area contributed by atoms with Crippen LogP contribution in [-0.4, -0.2) is 25.8 Å². The first kappa shape index (κ1) is 23.1. The van der Waals surface area contributed by atoms with E-state index in [1.807, 2.05) is 6.92 Å². The Hall–Kier alpha value is -3.69. The van der Waals surface area contributed by atoms with E-state index in [0.29, 0.717) is 36.8 Å². The molecule has 1 amide bonds. The molecule has 1 aliphatic rings. The Balaban J connectivity index is 1.37. The lowest BCUT2D eigenvalue weighted by Crippen LogP contribution is -2.48. The Labute approximate surface area is 198 Å². The zero-order valence-electron chi connectivity index (χ0n) is 18.9. The van der Waals surface area contributed by atoms with Gasteiger partial charge < -0.3 is 15.5 Å². The summed E-state index contributed by atoms with van der Waals surface area (Å²) in [6.07, 6.45) is 2.65. The van der Waals surface area contributed by atoms with Crippen LogP contribution in [0.1, 0.15) is 60.1 Å². The van der Waals surface area contributed by atoms with E-state index in [2.05, 4.69) is 15.3 Å². The number of benzene rings is 1. The van der Waals surface area contributed by atoms with Gasteiger partial charge in [0.1, 0.15) is 11.5 Å². The van der Waals surface area contributed by atoms with E-state index in [4.69, 9.17) is 5.73 Å². The summed E-state index contributed by atoms with van der Waals surface area (Å²) in [7, 11) is 0. The lowest BCUT2D eigenvalue weighted by atomic mass is 9.74. The first-order valence-corrected chi connectivity index (χ1v) is 11.2. The van der Waals surface area contributed by atoms with Gasteiger partial charge >= 0.3 is 6.18 Å². The van der Waals surface area contributed by atoms with Crippen LogP contribution in [0.3, 0.4) is 0 Å². The number of carbonyl (C=O) groups is 1. The number of carbonyl (C=O) groups excluding carboxylic acids is 1. The van der Waals surface area contributed by atoms with Crippen LogP contribution >= 0.6 is 0 Å². The first-order chi connectivity index (χ1) is 16.5. The van der Waals surface area contributed by atoms with Crippen LogP contribution in [-0.2, 0) is 6.18 Å². The van der Waals surface area contributed by atoms with Gasteiger partial charge in [0.15, 0.2) is 0 Å². The van der Waals surface area contributed by atoms with Crippen molar-refractivity contribution in [3.8, 4) is 0 Å². The minimum atomic E-state index is -4.65. The number of imidazole rings is 1. The topological polar surface area (TPSA) is 85.3 Å². The number of nitrogens with two attached hydrogens (primary N) is 1. The molecule has 5 rings (SSSR count). The maximum atomic E-state index is 15.0. The fourth-order valence-corrected chi connectivity index (χ4v) is 4.98. The maximum Gasteiger partial charge on any atom is 0.433 e. The molecule has 0 bridgehead atoms. The summed E-state index contributed by atoms with van der Waals surface area (Å²) in [6, 6.07) is 6.61. The van der Waals surface area contributed by atoms with Gasteiger partial charge in [0.25, 0.3) is 5.91 Å². The highest BCUT2D eigenvalue weighted by atomic mass is 19.4. The Kier molecular flexibility index (Phi) is 5.41. The molecule has 1 fully saturated rings. The lowest BCUT2D eigenvalue weighted by Gasteiger charge is -2.38. The molecule has 3 aromatic heterocycles. The minimum absolute atomic E-state index is 0.0191. The number of hydrogen-bond acceptors (Lipinski definition) is 4. The van der Waals surface area contributed by atoms with Gasteiger partial charge in [0.2, 0.25) is 0 Å². The van der Waals surface area contributed by atoms with Gasteiger partial charge in [-0.25, -0.2) is 14.4 Å². The third kappa shape index (κ3) is 4.28. The second-order valence-electron chi connectivity index (χ2n) is 9.38. The molecule has 0 atom stereocenters. The summed E-state index contributed by atoms with van der Waals surface area (Å²) in [6.45, 7) is 1.95. The molecular weight excluding hydrogens is 462 g/mol. The predicted molar refractivity (Wildman–Crippen MR) is 123 cm³/mol. The fourth-order valence-electron chi connectivity index (χ4n) is 4.98. The van der Waals surface area contributed by atoms with Crippen molar-refractivity contribution in [1.29, 1.82) is 0 Å². The molecule has 0 spiro atoms. The standard InChI is InChI=1S/C25H23F4N5O/c1-24(33-23(35)15-6-9-34-13-31-12-16(34)10-15)7-4-14(5-8-24)21-17(26)2-3-19-22(21)18(30)11-20(32-19)25(27,28)29/h2-3,6,9-14H,4-5,7-8H2,1H3,(H2,30,32)(H,33,35). The van der Waals surface area contributed by atoms with Gasteiger partial charge in [-0.2, -0.15) is 13.2 Å². The molecule has 0 radical (unpaired) electrons. The third-order valence-corrected chi connectivity index (χ3v) is 6.87. The molecule has 1 aromatic carbocycles. The van der Waals surface area contributed by atoms with Crippen molar-refractivity contribution in [2.45, 2.75) is 50.2 Å². The number of fused-ring (bicyclic) bond motifs is 2. The molecule has 0 aliphatic heterocycles. The number of nitrogen functional groups attached to an aromatic ring is 1. The Morgan fingerprint density at radius 2 is 1.94 bits per heavy atom. The second-order valence-corrected chi connectivity index (χ2v) is 9.38. The molecule has 35 heavy (non-hydrogen) atoms. The summed E-state index contributed by atoms with van der Waals surface area (Å²) in [5.74, 6) is -0.982. The van der Waals surface area contributed by atoms with Crippen LogP contribution in [0.4, 0.5) is 23.2 Å². The molecule has 4 aromatic rings. The fraction of sp³-hybridized carbons (Fsp3) is 0.320. The number of nitrogens with zero attached hydrogens (tertiary/aromatic N) is 3. The number of halogens is 4. The van der Waals surface area contributed by atoms with Crippen LogP contribution in [0, 0.1) is 5.82 Å². The van der Waals surface area contributed by atoms with E-state index in [9.17, 15) is 22.4 Å². The molecule has 1 aliphatic carbocycles. The van der Waals surface area contributed by atoms with Crippen LogP contribution in [0.15, 0.2) is 49.1 Å². The van der Waals surface area contributed by atoms with Crippen molar-refractivity contribution in [2.75, 3.05) is 5.73 Å². The van der Waals surface area contributed by atoms with E-state index in [1.165, 1.54) is 6.07 Å². The Morgan fingerprint density at radius 1 is 1.20 bits per heavy atom. The quantitative estimate of drug-likeness (QED) is 0.377. The average molecular weight is 485 g/mol. The predicted octanol–water partition coefficient (Wildman–Crippen LogP) is 5.47. The lowest BCUT2D eigenvalue weighted by molar-refractivity contribution is -0.140. The van der Waals surface area contributed by atoms with Gasteiger partial charge in [-0.1, -0.05) is 0 Å². The minimum Gasteiger partial charge on any atom is -0.398 e. The Bertz CT molecular complexity index is 1440. The van der Waals surface area contributed by atoms with Crippen molar-refractivity contribution < 1.29 is 22.4 Å². The summed E-state index contributed by atoms with van der Waals surface area (Å²) >= 11 is 0. The highest BCUT2D eigenvalue weighted by Gasteiger charge is 2.37. The highest BCUT2D eigenvalue weighted by molar-refractivity contribution is 5.96. The van der Waals surface area contributed by atoms with Crippen molar-refractivity contribution >= 4 is 28.0 Å². The van der Waals surface area contributed by atoms with Crippen LogP contribution in [0.5, 0.6) is 0 Å². The summed E-state index contributed by atoms with van der Waals surface area (Å²) in [5.41, 5.74) is 5.85. The number of nitrogens with one attached hydrogen (secondary N) is 1. The first-order valence-electron chi connectivity index (χ1n) is 11.2. The largest absolute Gasteiger partial charge is 0.433 e. The summed E-state index contributed by atoms with van der Waals surface area (Å²) in [5, 5.41) is 3.33. The summed E-state index contributed by atoms with van der Waals surface area (Å²) in [4.78, 5) is 20.6. The third-order valence-electron chi connectivity index (χ3n) is 6.87. The molecule has 1 saturated carbocycles. The number of hydrogen-bond donors (Lipinski definition) is 2.